The van der Waals surface area contributed by atoms with Gasteiger partial charge in [-0.15, -0.1) is 11.8 Å². The van der Waals surface area contributed by atoms with E-state index in [-0.39, 0.29) is 11.1 Å². The van der Waals surface area contributed by atoms with Crippen molar-refractivity contribution in [1.82, 2.24) is 0 Å². The molecule has 0 heterocycles. The Kier molecular flexibility index (Phi) is 4.80. The highest BCUT2D eigenvalue weighted by Gasteiger charge is 2.17. The van der Waals surface area contributed by atoms with Gasteiger partial charge in [0.1, 0.15) is 0 Å². The lowest BCUT2D eigenvalue weighted by Gasteiger charge is -2.11. The van der Waals surface area contributed by atoms with Crippen LogP contribution in [0.5, 0.6) is 0 Å². The molecule has 0 aliphatic carbocycles. The van der Waals surface area contributed by atoms with Gasteiger partial charge in [-0.3, -0.25) is 0 Å². The minimum atomic E-state index is -1.06. The first-order valence-electron chi connectivity index (χ1n) is 6.97. The van der Waals surface area contributed by atoms with Crippen LogP contribution in [0.15, 0.2) is 30.3 Å². The van der Waals surface area contributed by atoms with Gasteiger partial charge in [0, 0.05) is 6.42 Å². The summed E-state index contributed by atoms with van der Waals surface area (Å²) in [6.45, 7) is 1.77. The van der Waals surface area contributed by atoms with E-state index in [0.717, 1.165) is 6.42 Å². The number of carboxylic acid groups (broad SMARTS) is 2. The van der Waals surface area contributed by atoms with Gasteiger partial charge in [0.25, 0.3) is 0 Å². The van der Waals surface area contributed by atoms with Crippen molar-refractivity contribution in [2.24, 2.45) is 0 Å². The summed E-state index contributed by atoms with van der Waals surface area (Å²) in [5.74, 6) is 3.66. The van der Waals surface area contributed by atoms with Crippen molar-refractivity contribution in [1.29, 1.82) is 0 Å². The summed E-state index contributed by atoms with van der Waals surface area (Å²) in [6.07, 6.45) is 2.08. The summed E-state index contributed by atoms with van der Waals surface area (Å²) in [7, 11) is 0. The molecule has 4 heteroatoms. The maximum absolute atomic E-state index is 11.6. The molecule has 2 aromatic carbocycles. The van der Waals surface area contributed by atoms with Gasteiger partial charge in [0.15, 0.2) is 0 Å². The fourth-order valence-corrected chi connectivity index (χ4v) is 2.54. The van der Waals surface area contributed by atoms with Crippen molar-refractivity contribution >= 4 is 22.7 Å². The van der Waals surface area contributed by atoms with Crippen molar-refractivity contribution in [3.8, 4) is 11.8 Å². The molecular formula is C18H16O4. The highest BCUT2D eigenvalue weighted by atomic mass is 16.4. The molecule has 0 amide bonds. The molecule has 2 N–H and O–H groups in total. The number of fused-ring (bicyclic) bond motifs is 1. The zero-order chi connectivity index (χ0) is 16.1. The van der Waals surface area contributed by atoms with E-state index in [1.165, 1.54) is 6.07 Å². The number of carbonyl (C=O) groups is 2. The van der Waals surface area contributed by atoms with Crippen LogP contribution in [-0.2, 0) is 6.42 Å². The van der Waals surface area contributed by atoms with Crippen LogP contribution in [-0.4, -0.2) is 22.2 Å². The average molecular weight is 296 g/mol. The van der Waals surface area contributed by atoms with E-state index < -0.39 is 11.9 Å². The molecule has 0 saturated carbocycles. The van der Waals surface area contributed by atoms with Crippen molar-refractivity contribution in [2.75, 3.05) is 0 Å². The van der Waals surface area contributed by atoms with Gasteiger partial charge >= 0.3 is 11.9 Å². The molecular weight excluding hydrogens is 280 g/mol. The van der Waals surface area contributed by atoms with E-state index in [2.05, 4.69) is 11.8 Å². The molecule has 4 nitrogen and oxygen atoms in total. The molecule has 112 valence electrons. The molecule has 0 unspecified atom stereocenters. The summed E-state index contributed by atoms with van der Waals surface area (Å²) >= 11 is 0. The van der Waals surface area contributed by atoms with Crippen LogP contribution in [0.1, 0.15) is 46.0 Å². The molecule has 0 aliphatic heterocycles. The molecule has 0 spiro atoms. The zero-order valence-corrected chi connectivity index (χ0v) is 12.2. The van der Waals surface area contributed by atoms with E-state index >= 15 is 0 Å². The molecule has 0 aliphatic rings. The maximum Gasteiger partial charge on any atom is 0.336 e. The largest absolute Gasteiger partial charge is 0.478 e. The van der Waals surface area contributed by atoms with Gasteiger partial charge < -0.3 is 10.2 Å². The SMILES string of the molecule is CC#CCCCc1ccc2c(C(=O)O)cccc2c1C(=O)O. The fourth-order valence-electron chi connectivity index (χ4n) is 2.54. The minimum Gasteiger partial charge on any atom is -0.478 e. The Morgan fingerprint density at radius 1 is 1.05 bits per heavy atom. The van der Waals surface area contributed by atoms with E-state index in [9.17, 15) is 19.8 Å². The maximum atomic E-state index is 11.6. The number of aryl methyl sites for hydroxylation is 1. The van der Waals surface area contributed by atoms with E-state index in [0.29, 0.717) is 29.2 Å². The molecule has 2 rings (SSSR count). The highest BCUT2D eigenvalue weighted by molar-refractivity contribution is 6.11. The molecule has 0 atom stereocenters. The van der Waals surface area contributed by atoms with Gasteiger partial charge in [-0.2, -0.15) is 0 Å². The third-order valence-electron chi connectivity index (χ3n) is 3.52. The van der Waals surface area contributed by atoms with Crippen molar-refractivity contribution < 1.29 is 19.8 Å². The Hall–Kier alpha value is -2.80. The Labute approximate surface area is 128 Å². The van der Waals surface area contributed by atoms with E-state index in [4.69, 9.17) is 0 Å². The quantitative estimate of drug-likeness (QED) is 0.653. The Balaban J connectivity index is 2.54. The second-order valence-corrected chi connectivity index (χ2v) is 4.89. The minimum absolute atomic E-state index is 0.114. The second-order valence-electron chi connectivity index (χ2n) is 4.89. The third kappa shape index (κ3) is 3.09. The summed E-state index contributed by atoms with van der Waals surface area (Å²) in [5, 5.41) is 19.7. The number of hydrogen-bond acceptors (Lipinski definition) is 2. The summed E-state index contributed by atoms with van der Waals surface area (Å²) < 4.78 is 0. The molecule has 0 bridgehead atoms. The second kappa shape index (κ2) is 6.77. The number of rotatable bonds is 5. The molecule has 0 aromatic heterocycles. The Bertz CT molecular complexity index is 794. The smallest absolute Gasteiger partial charge is 0.336 e. The van der Waals surface area contributed by atoms with Crippen molar-refractivity contribution in [2.45, 2.75) is 26.2 Å². The summed E-state index contributed by atoms with van der Waals surface area (Å²) in [6, 6.07) is 8.10. The molecule has 0 radical (unpaired) electrons. The first-order valence-corrected chi connectivity index (χ1v) is 6.97. The third-order valence-corrected chi connectivity index (χ3v) is 3.52. The van der Waals surface area contributed by atoms with E-state index in [1.807, 2.05) is 0 Å². The number of carboxylic acids is 2. The lowest BCUT2D eigenvalue weighted by Crippen LogP contribution is -2.06. The summed E-state index contributed by atoms with van der Waals surface area (Å²) in [4.78, 5) is 22.9. The lowest BCUT2D eigenvalue weighted by atomic mass is 9.93. The number of unbranched alkanes of at least 4 members (excludes halogenated alkanes) is 1. The standard InChI is InChI=1S/C18H16O4/c1-2-3-4-5-7-12-10-11-13-14(16(12)18(21)22)8-6-9-15(13)17(19)20/h6,8-11H,4-5,7H2,1H3,(H,19,20)(H,21,22). The topological polar surface area (TPSA) is 74.6 Å². The monoisotopic (exact) mass is 296 g/mol. The van der Waals surface area contributed by atoms with Crippen molar-refractivity contribution in [3.63, 3.8) is 0 Å². The Morgan fingerprint density at radius 3 is 2.45 bits per heavy atom. The average Bonchev–Trinajstić information content (AvgIpc) is 2.49. The predicted octanol–water partition coefficient (Wildman–Crippen LogP) is 3.58. The van der Waals surface area contributed by atoms with Crippen molar-refractivity contribution in [3.05, 3.63) is 47.0 Å². The predicted molar refractivity (Wildman–Crippen MR) is 84.3 cm³/mol. The van der Waals surface area contributed by atoms with Gasteiger partial charge in [0.05, 0.1) is 11.1 Å². The normalized spacial score (nSPS) is 10.0. The first kappa shape index (κ1) is 15.6. The van der Waals surface area contributed by atoms with Gasteiger partial charge in [-0.05, 0) is 42.2 Å². The van der Waals surface area contributed by atoms with Crippen LogP contribution in [0.3, 0.4) is 0 Å². The van der Waals surface area contributed by atoms with Gasteiger partial charge in [-0.1, -0.05) is 24.3 Å². The van der Waals surface area contributed by atoms with Gasteiger partial charge in [-0.25, -0.2) is 9.59 Å². The van der Waals surface area contributed by atoms with Crippen LogP contribution in [0, 0.1) is 11.8 Å². The van der Waals surface area contributed by atoms with Crippen LogP contribution in [0.25, 0.3) is 10.8 Å². The van der Waals surface area contributed by atoms with E-state index in [1.54, 1.807) is 31.2 Å². The first-order chi connectivity index (χ1) is 10.6. The van der Waals surface area contributed by atoms with Crippen LogP contribution in [0.2, 0.25) is 0 Å². The molecule has 2 aromatic rings. The summed E-state index contributed by atoms with van der Waals surface area (Å²) in [5.41, 5.74) is 1.01. The fraction of sp³-hybridized carbons (Fsp3) is 0.222. The molecule has 0 fully saturated rings. The molecule has 0 saturated heterocycles. The highest BCUT2D eigenvalue weighted by Crippen LogP contribution is 2.27. The zero-order valence-electron chi connectivity index (χ0n) is 12.2. The van der Waals surface area contributed by atoms with Crippen LogP contribution >= 0.6 is 0 Å². The number of hydrogen-bond donors (Lipinski definition) is 2. The van der Waals surface area contributed by atoms with Gasteiger partial charge in [0.2, 0.25) is 0 Å². The van der Waals surface area contributed by atoms with Crippen LogP contribution < -0.4 is 0 Å². The molecule has 22 heavy (non-hydrogen) atoms. The Morgan fingerprint density at radius 2 is 1.82 bits per heavy atom. The lowest BCUT2D eigenvalue weighted by molar-refractivity contribution is 0.0685. The number of benzene rings is 2. The van der Waals surface area contributed by atoms with Crippen LogP contribution in [0.4, 0.5) is 0 Å². The number of aromatic carboxylic acids is 2.